The van der Waals surface area contributed by atoms with Gasteiger partial charge in [0.25, 0.3) is 0 Å². The van der Waals surface area contributed by atoms with Crippen LogP contribution >= 0.6 is 0 Å². The van der Waals surface area contributed by atoms with Crippen LogP contribution in [-0.4, -0.2) is 85.9 Å². The van der Waals surface area contributed by atoms with Crippen LogP contribution in [0.4, 0.5) is 0 Å². The Morgan fingerprint density at radius 2 is 1.84 bits per heavy atom. The standard InChI is InChI=1S/C19H35N3O3/c23-15-16-2-1-8-21(14-16)11-7-20-19(24)17-3-9-22(10-4-17)18-5-12-25-13-6-18/h16-18,23H,1-15H2,(H,20,24)/t16-/m0/s1. The molecule has 3 aliphatic heterocycles. The van der Waals surface area contributed by atoms with Gasteiger partial charge in [-0.2, -0.15) is 0 Å². The Bertz CT molecular complexity index is 407. The van der Waals surface area contributed by atoms with E-state index in [4.69, 9.17) is 4.74 Å². The molecule has 0 aromatic rings. The van der Waals surface area contributed by atoms with Crippen molar-refractivity contribution in [3.8, 4) is 0 Å². The monoisotopic (exact) mass is 353 g/mol. The first-order chi connectivity index (χ1) is 12.3. The minimum absolute atomic E-state index is 0.183. The number of carbonyl (C=O) groups excluding carboxylic acids is 1. The quantitative estimate of drug-likeness (QED) is 0.736. The summed E-state index contributed by atoms with van der Waals surface area (Å²) in [5.41, 5.74) is 0. The fourth-order valence-electron chi connectivity index (χ4n) is 4.56. The average Bonchev–Trinajstić information content (AvgIpc) is 2.69. The number of likely N-dealkylation sites (tertiary alicyclic amines) is 2. The molecule has 3 saturated heterocycles. The van der Waals surface area contributed by atoms with Crippen molar-refractivity contribution in [2.45, 2.75) is 44.6 Å². The number of hydrogen-bond acceptors (Lipinski definition) is 5. The molecular weight excluding hydrogens is 318 g/mol. The Morgan fingerprint density at radius 1 is 1.08 bits per heavy atom. The summed E-state index contributed by atoms with van der Waals surface area (Å²) in [6, 6.07) is 0.663. The number of nitrogens with zero attached hydrogens (tertiary/aromatic N) is 2. The molecule has 1 amide bonds. The Morgan fingerprint density at radius 3 is 2.56 bits per heavy atom. The van der Waals surface area contributed by atoms with E-state index in [9.17, 15) is 9.90 Å². The van der Waals surface area contributed by atoms with Crippen LogP contribution in [0.25, 0.3) is 0 Å². The number of aliphatic hydroxyl groups excluding tert-OH is 1. The summed E-state index contributed by atoms with van der Waals surface area (Å²) in [5, 5.41) is 12.4. The summed E-state index contributed by atoms with van der Waals surface area (Å²) in [6.45, 7) is 7.86. The summed E-state index contributed by atoms with van der Waals surface area (Å²) in [5.74, 6) is 0.837. The molecule has 3 aliphatic rings. The summed E-state index contributed by atoms with van der Waals surface area (Å²) >= 11 is 0. The van der Waals surface area contributed by atoms with Gasteiger partial charge in [0.15, 0.2) is 0 Å². The zero-order chi connectivity index (χ0) is 17.5. The maximum atomic E-state index is 12.4. The molecule has 2 N–H and O–H groups in total. The maximum Gasteiger partial charge on any atom is 0.223 e. The molecule has 0 aliphatic carbocycles. The first-order valence-corrected chi connectivity index (χ1v) is 10.2. The van der Waals surface area contributed by atoms with Crippen LogP contribution in [0.1, 0.15) is 38.5 Å². The fourth-order valence-corrected chi connectivity index (χ4v) is 4.56. The molecule has 6 nitrogen and oxygen atoms in total. The minimum Gasteiger partial charge on any atom is -0.396 e. The zero-order valence-corrected chi connectivity index (χ0v) is 15.5. The van der Waals surface area contributed by atoms with Gasteiger partial charge >= 0.3 is 0 Å². The first-order valence-electron chi connectivity index (χ1n) is 10.2. The van der Waals surface area contributed by atoms with Crippen LogP contribution < -0.4 is 5.32 Å². The summed E-state index contributed by atoms with van der Waals surface area (Å²) in [7, 11) is 0. The van der Waals surface area contributed by atoms with Crippen molar-refractivity contribution in [2.75, 3.05) is 59.1 Å². The van der Waals surface area contributed by atoms with Crippen molar-refractivity contribution >= 4 is 5.91 Å². The van der Waals surface area contributed by atoms with E-state index in [0.717, 1.165) is 91.0 Å². The van der Waals surface area contributed by atoms with Crippen molar-refractivity contribution in [1.82, 2.24) is 15.1 Å². The maximum absolute atomic E-state index is 12.4. The van der Waals surface area contributed by atoms with Gasteiger partial charge in [-0.15, -0.1) is 0 Å². The molecular formula is C19H35N3O3. The Balaban J connectivity index is 1.31. The van der Waals surface area contributed by atoms with Gasteiger partial charge in [0, 0.05) is 51.4 Å². The van der Waals surface area contributed by atoms with Crippen molar-refractivity contribution in [1.29, 1.82) is 0 Å². The molecule has 25 heavy (non-hydrogen) atoms. The molecule has 1 atom stereocenters. The van der Waals surface area contributed by atoms with Crippen molar-refractivity contribution in [3.63, 3.8) is 0 Å². The van der Waals surface area contributed by atoms with E-state index in [2.05, 4.69) is 15.1 Å². The van der Waals surface area contributed by atoms with Gasteiger partial charge in [-0.1, -0.05) is 0 Å². The number of aliphatic hydroxyl groups is 1. The van der Waals surface area contributed by atoms with Gasteiger partial charge in [0.2, 0.25) is 5.91 Å². The van der Waals surface area contributed by atoms with Gasteiger partial charge in [-0.25, -0.2) is 0 Å². The molecule has 0 saturated carbocycles. The molecule has 0 spiro atoms. The van der Waals surface area contributed by atoms with E-state index in [0.29, 0.717) is 12.0 Å². The minimum atomic E-state index is 0.183. The number of carbonyl (C=O) groups is 1. The number of rotatable bonds is 6. The van der Waals surface area contributed by atoms with E-state index in [1.165, 1.54) is 0 Å². The third kappa shape index (κ3) is 5.64. The molecule has 3 fully saturated rings. The van der Waals surface area contributed by atoms with Crippen LogP contribution in [0.2, 0.25) is 0 Å². The van der Waals surface area contributed by atoms with Gasteiger partial charge in [0.1, 0.15) is 0 Å². The van der Waals surface area contributed by atoms with E-state index in [1.54, 1.807) is 0 Å². The second-order valence-electron chi connectivity index (χ2n) is 7.94. The van der Waals surface area contributed by atoms with Gasteiger partial charge in [-0.3, -0.25) is 4.79 Å². The van der Waals surface area contributed by atoms with Crippen LogP contribution in [0.5, 0.6) is 0 Å². The van der Waals surface area contributed by atoms with Gasteiger partial charge in [0.05, 0.1) is 0 Å². The van der Waals surface area contributed by atoms with Crippen LogP contribution in [0.3, 0.4) is 0 Å². The molecule has 3 heterocycles. The Hall–Kier alpha value is -0.690. The van der Waals surface area contributed by atoms with E-state index >= 15 is 0 Å². The Kier molecular flexibility index (Phi) is 7.52. The summed E-state index contributed by atoms with van der Waals surface area (Å²) in [6.07, 6.45) is 6.54. The molecule has 6 heteroatoms. The molecule has 0 aromatic carbocycles. The summed E-state index contributed by atoms with van der Waals surface area (Å²) in [4.78, 5) is 17.4. The predicted octanol–water partition coefficient (Wildman–Crippen LogP) is 0.698. The normalized spacial score (nSPS) is 28.1. The number of ether oxygens (including phenoxy) is 1. The summed E-state index contributed by atoms with van der Waals surface area (Å²) < 4.78 is 5.45. The van der Waals surface area contributed by atoms with E-state index < -0.39 is 0 Å². The number of nitrogens with one attached hydrogen (secondary N) is 1. The highest BCUT2D eigenvalue weighted by Gasteiger charge is 2.29. The van der Waals surface area contributed by atoms with Crippen LogP contribution in [-0.2, 0) is 9.53 Å². The number of piperidine rings is 2. The van der Waals surface area contributed by atoms with E-state index in [1.807, 2.05) is 0 Å². The SMILES string of the molecule is O=C(NCCN1CCC[C@H](CO)C1)C1CCN(C2CCOCC2)CC1. The van der Waals surface area contributed by atoms with Crippen molar-refractivity contribution in [2.24, 2.45) is 11.8 Å². The molecule has 0 aromatic heterocycles. The predicted molar refractivity (Wildman–Crippen MR) is 97.4 cm³/mol. The fraction of sp³-hybridized carbons (Fsp3) is 0.947. The number of hydrogen-bond donors (Lipinski definition) is 2. The molecule has 0 radical (unpaired) electrons. The van der Waals surface area contributed by atoms with Crippen LogP contribution in [0, 0.1) is 11.8 Å². The highest BCUT2D eigenvalue weighted by molar-refractivity contribution is 5.78. The lowest BCUT2D eigenvalue weighted by atomic mass is 9.93. The average molecular weight is 354 g/mol. The third-order valence-corrected chi connectivity index (χ3v) is 6.20. The van der Waals surface area contributed by atoms with Crippen molar-refractivity contribution < 1.29 is 14.6 Å². The first kappa shape index (κ1) is 19.1. The van der Waals surface area contributed by atoms with Gasteiger partial charge < -0.3 is 25.0 Å². The topological polar surface area (TPSA) is 65.0 Å². The van der Waals surface area contributed by atoms with Gasteiger partial charge in [-0.05, 0) is 64.1 Å². The molecule has 144 valence electrons. The largest absolute Gasteiger partial charge is 0.396 e. The second kappa shape index (κ2) is 9.86. The van der Waals surface area contributed by atoms with E-state index in [-0.39, 0.29) is 18.4 Å². The molecule has 0 unspecified atom stereocenters. The number of amides is 1. The highest BCUT2D eigenvalue weighted by Crippen LogP contribution is 2.23. The molecule has 0 bridgehead atoms. The van der Waals surface area contributed by atoms with Crippen molar-refractivity contribution in [3.05, 3.63) is 0 Å². The lowest BCUT2D eigenvalue weighted by Crippen LogP contribution is -2.47. The lowest BCUT2D eigenvalue weighted by molar-refractivity contribution is -0.126. The van der Waals surface area contributed by atoms with Crippen LogP contribution in [0.15, 0.2) is 0 Å². The smallest absolute Gasteiger partial charge is 0.223 e. The molecule has 3 rings (SSSR count). The third-order valence-electron chi connectivity index (χ3n) is 6.20. The second-order valence-corrected chi connectivity index (χ2v) is 7.94. The zero-order valence-electron chi connectivity index (χ0n) is 15.5. The Labute approximate surface area is 151 Å². The highest BCUT2D eigenvalue weighted by atomic mass is 16.5. The lowest BCUT2D eigenvalue weighted by Gasteiger charge is -2.38.